The number of rotatable bonds is 7. The van der Waals surface area contributed by atoms with E-state index in [0.717, 1.165) is 6.42 Å². The number of benzene rings is 2. The summed E-state index contributed by atoms with van der Waals surface area (Å²) in [6, 6.07) is 16.8. The van der Waals surface area contributed by atoms with Crippen molar-refractivity contribution >= 4 is 17.6 Å². The summed E-state index contributed by atoms with van der Waals surface area (Å²) in [4.78, 5) is 14.5. The Balaban J connectivity index is 1.86. The Hall–Kier alpha value is -1.84. The summed E-state index contributed by atoms with van der Waals surface area (Å²) in [5.74, 6) is 0.665. The molecule has 0 aliphatic carbocycles. The SMILES string of the molecule is O=C(COc1ccc(CCNCl)cc1)c1ccccc1. The van der Waals surface area contributed by atoms with Crippen LogP contribution in [-0.4, -0.2) is 18.9 Å². The maximum atomic E-state index is 11.9. The zero-order chi connectivity index (χ0) is 14.2. The van der Waals surface area contributed by atoms with Crippen LogP contribution in [0, 0.1) is 0 Å². The van der Waals surface area contributed by atoms with Crippen molar-refractivity contribution in [1.82, 2.24) is 4.84 Å². The highest BCUT2D eigenvalue weighted by atomic mass is 35.5. The normalized spacial score (nSPS) is 10.2. The lowest BCUT2D eigenvalue weighted by Gasteiger charge is -2.06. The predicted octanol–water partition coefficient (Wildman–Crippen LogP) is 3.23. The lowest BCUT2D eigenvalue weighted by Crippen LogP contribution is -2.11. The molecule has 0 bridgehead atoms. The molecule has 0 atom stereocenters. The largest absolute Gasteiger partial charge is 0.485 e. The number of nitrogens with one attached hydrogen (secondary N) is 1. The summed E-state index contributed by atoms with van der Waals surface area (Å²) in [6.07, 6.45) is 0.854. The Morgan fingerprint density at radius 3 is 2.40 bits per heavy atom. The first-order valence-electron chi connectivity index (χ1n) is 6.43. The van der Waals surface area contributed by atoms with Gasteiger partial charge in [-0.3, -0.25) is 4.79 Å². The molecule has 2 aromatic carbocycles. The first kappa shape index (κ1) is 14.6. The van der Waals surface area contributed by atoms with E-state index >= 15 is 0 Å². The molecule has 2 rings (SSSR count). The topological polar surface area (TPSA) is 38.3 Å². The first-order valence-corrected chi connectivity index (χ1v) is 6.81. The average Bonchev–Trinajstić information content (AvgIpc) is 2.52. The van der Waals surface area contributed by atoms with Gasteiger partial charge < -0.3 is 4.74 Å². The Labute approximate surface area is 123 Å². The molecule has 0 saturated heterocycles. The fourth-order valence-corrected chi connectivity index (χ4v) is 1.89. The summed E-state index contributed by atoms with van der Waals surface area (Å²) < 4.78 is 5.49. The van der Waals surface area contributed by atoms with Crippen LogP contribution in [0.4, 0.5) is 0 Å². The van der Waals surface area contributed by atoms with Crippen LogP contribution in [0.2, 0.25) is 0 Å². The van der Waals surface area contributed by atoms with E-state index in [9.17, 15) is 4.79 Å². The molecule has 3 nitrogen and oxygen atoms in total. The zero-order valence-electron chi connectivity index (χ0n) is 11.0. The maximum Gasteiger partial charge on any atom is 0.200 e. The summed E-state index contributed by atoms with van der Waals surface area (Å²) in [6.45, 7) is 0.765. The summed E-state index contributed by atoms with van der Waals surface area (Å²) >= 11 is 5.41. The van der Waals surface area contributed by atoms with Crippen molar-refractivity contribution in [2.45, 2.75) is 6.42 Å². The fourth-order valence-electron chi connectivity index (χ4n) is 1.80. The third kappa shape index (κ3) is 4.37. The van der Waals surface area contributed by atoms with Gasteiger partial charge in [-0.1, -0.05) is 42.5 Å². The van der Waals surface area contributed by atoms with Crippen LogP contribution in [0.3, 0.4) is 0 Å². The van der Waals surface area contributed by atoms with E-state index in [4.69, 9.17) is 16.5 Å². The van der Waals surface area contributed by atoms with Gasteiger partial charge in [-0.25, -0.2) is 4.84 Å². The van der Waals surface area contributed by atoms with Crippen molar-refractivity contribution in [3.63, 3.8) is 0 Å². The smallest absolute Gasteiger partial charge is 0.200 e. The van der Waals surface area contributed by atoms with E-state index in [-0.39, 0.29) is 12.4 Å². The highest BCUT2D eigenvalue weighted by Gasteiger charge is 2.05. The molecular formula is C16H16ClNO2. The maximum absolute atomic E-state index is 11.9. The standard InChI is InChI=1S/C16H16ClNO2/c17-18-11-10-13-6-8-15(9-7-13)20-12-16(19)14-4-2-1-3-5-14/h1-9,18H,10-12H2. The van der Waals surface area contributed by atoms with Crippen molar-refractivity contribution in [3.8, 4) is 5.75 Å². The Kier molecular flexibility index (Phi) is 5.59. The van der Waals surface area contributed by atoms with Crippen molar-refractivity contribution in [1.29, 1.82) is 0 Å². The van der Waals surface area contributed by atoms with E-state index in [1.165, 1.54) is 5.56 Å². The van der Waals surface area contributed by atoms with E-state index in [1.807, 2.05) is 42.5 Å². The second-order valence-corrected chi connectivity index (χ2v) is 4.62. The van der Waals surface area contributed by atoms with Gasteiger partial charge in [-0.15, -0.1) is 0 Å². The molecular weight excluding hydrogens is 274 g/mol. The highest BCUT2D eigenvalue weighted by Crippen LogP contribution is 2.13. The molecule has 0 unspecified atom stereocenters. The van der Waals surface area contributed by atoms with Crippen LogP contribution >= 0.6 is 11.8 Å². The molecule has 0 radical (unpaired) electrons. The van der Waals surface area contributed by atoms with Crippen LogP contribution in [0.5, 0.6) is 5.75 Å². The Morgan fingerprint density at radius 2 is 1.75 bits per heavy atom. The monoisotopic (exact) mass is 289 g/mol. The summed E-state index contributed by atoms with van der Waals surface area (Å²) in [7, 11) is 0. The lowest BCUT2D eigenvalue weighted by molar-refractivity contribution is 0.0921. The lowest BCUT2D eigenvalue weighted by atomic mass is 10.1. The van der Waals surface area contributed by atoms with Gasteiger partial charge in [0.05, 0.1) is 0 Å². The minimum Gasteiger partial charge on any atom is -0.485 e. The van der Waals surface area contributed by atoms with Crippen molar-refractivity contribution < 1.29 is 9.53 Å². The van der Waals surface area contributed by atoms with Crippen LogP contribution in [0.1, 0.15) is 15.9 Å². The van der Waals surface area contributed by atoms with Crippen LogP contribution in [0.15, 0.2) is 54.6 Å². The van der Waals surface area contributed by atoms with Crippen LogP contribution in [-0.2, 0) is 6.42 Å². The van der Waals surface area contributed by atoms with Crippen LogP contribution in [0.25, 0.3) is 0 Å². The minimum absolute atomic E-state index is 0.0268. The third-order valence-corrected chi connectivity index (χ3v) is 3.09. The minimum atomic E-state index is -0.0268. The Morgan fingerprint density at radius 1 is 1.05 bits per heavy atom. The van der Waals surface area contributed by atoms with Gasteiger partial charge in [-0.2, -0.15) is 0 Å². The number of halogens is 1. The second kappa shape index (κ2) is 7.68. The zero-order valence-corrected chi connectivity index (χ0v) is 11.8. The van der Waals surface area contributed by atoms with Gasteiger partial charge in [-0.05, 0) is 35.9 Å². The van der Waals surface area contributed by atoms with Gasteiger partial charge in [0, 0.05) is 12.1 Å². The number of ether oxygens (including phenoxy) is 1. The molecule has 1 N–H and O–H groups in total. The molecule has 0 aromatic heterocycles. The van der Waals surface area contributed by atoms with E-state index < -0.39 is 0 Å². The van der Waals surface area contributed by atoms with Crippen molar-refractivity contribution in [2.24, 2.45) is 0 Å². The van der Waals surface area contributed by atoms with Crippen molar-refractivity contribution in [3.05, 3.63) is 65.7 Å². The van der Waals surface area contributed by atoms with Gasteiger partial charge in [0.25, 0.3) is 0 Å². The quantitative estimate of drug-likeness (QED) is 0.628. The first-order chi connectivity index (χ1) is 9.79. The van der Waals surface area contributed by atoms with Gasteiger partial charge in [0.15, 0.2) is 12.4 Å². The van der Waals surface area contributed by atoms with E-state index in [1.54, 1.807) is 12.1 Å². The number of ketones is 1. The molecule has 0 heterocycles. The molecule has 0 saturated carbocycles. The fraction of sp³-hybridized carbons (Fsp3) is 0.188. The molecule has 20 heavy (non-hydrogen) atoms. The number of carbonyl (C=O) groups excluding carboxylic acids is 1. The van der Waals surface area contributed by atoms with Gasteiger partial charge in [0.2, 0.25) is 0 Å². The molecule has 4 heteroatoms. The highest BCUT2D eigenvalue weighted by molar-refractivity contribution is 6.13. The predicted molar refractivity (Wildman–Crippen MR) is 80.3 cm³/mol. The molecule has 104 valence electrons. The van der Waals surface area contributed by atoms with Crippen LogP contribution < -0.4 is 9.57 Å². The van der Waals surface area contributed by atoms with E-state index in [2.05, 4.69) is 4.84 Å². The number of Topliss-reactive ketones (excluding diaryl/α,β-unsaturated/α-hetero) is 1. The summed E-state index contributed by atoms with van der Waals surface area (Å²) in [5.41, 5.74) is 1.83. The second-order valence-electron chi connectivity index (χ2n) is 4.36. The third-order valence-electron chi connectivity index (χ3n) is 2.90. The molecule has 2 aromatic rings. The molecule has 0 fully saturated rings. The Bertz CT molecular complexity index is 540. The van der Waals surface area contributed by atoms with Crippen molar-refractivity contribution in [2.75, 3.05) is 13.2 Å². The average molecular weight is 290 g/mol. The van der Waals surface area contributed by atoms with E-state index in [0.29, 0.717) is 17.9 Å². The van der Waals surface area contributed by atoms with Gasteiger partial charge >= 0.3 is 0 Å². The number of hydrogen-bond acceptors (Lipinski definition) is 3. The summed E-state index contributed by atoms with van der Waals surface area (Å²) in [5, 5.41) is 0. The molecule has 0 aliphatic heterocycles. The molecule has 0 spiro atoms. The molecule has 0 amide bonds. The molecule has 0 aliphatic rings. The van der Waals surface area contributed by atoms with Gasteiger partial charge in [0.1, 0.15) is 5.75 Å². The number of carbonyl (C=O) groups is 1. The number of hydrogen-bond donors (Lipinski definition) is 1.